The number of aliphatic hydroxyl groups excluding tert-OH is 1. The van der Waals surface area contributed by atoms with Crippen LogP contribution in [-0.4, -0.2) is 17.6 Å². The SMILES string of the molecule is O=C(NCC(O)c1ccccc1F)C1CC1c1ccccc1Cl. The van der Waals surface area contributed by atoms with Crippen molar-refractivity contribution in [1.29, 1.82) is 0 Å². The maximum absolute atomic E-state index is 13.6. The van der Waals surface area contributed by atoms with Crippen molar-refractivity contribution in [3.8, 4) is 0 Å². The van der Waals surface area contributed by atoms with E-state index in [1.807, 2.05) is 24.3 Å². The van der Waals surface area contributed by atoms with Crippen LogP contribution in [0.2, 0.25) is 5.02 Å². The molecule has 3 unspecified atom stereocenters. The van der Waals surface area contributed by atoms with Crippen molar-refractivity contribution in [2.75, 3.05) is 6.54 Å². The lowest BCUT2D eigenvalue weighted by molar-refractivity contribution is -0.122. The number of carbonyl (C=O) groups is 1. The van der Waals surface area contributed by atoms with Crippen LogP contribution in [0.3, 0.4) is 0 Å². The third-order valence-electron chi connectivity index (χ3n) is 4.17. The second-order valence-electron chi connectivity index (χ2n) is 5.75. The minimum absolute atomic E-state index is 0.00842. The summed E-state index contributed by atoms with van der Waals surface area (Å²) in [7, 11) is 0. The highest BCUT2D eigenvalue weighted by Gasteiger charge is 2.44. The normalized spacial score (nSPS) is 20.8. The molecule has 1 fully saturated rings. The molecule has 3 nitrogen and oxygen atoms in total. The monoisotopic (exact) mass is 333 g/mol. The lowest BCUT2D eigenvalue weighted by Crippen LogP contribution is -2.30. The summed E-state index contributed by atoms with van der Waals surface area (Å²) in [6.45, 7) is -0.00842. The predicted molar refractivity (Wildman–Crippen MR) is 86.7 cm³/mol. The van der Waals surface area contributed by atoms with E-state index in [0.717, 1.165) is 12.0 Å². The van der Waals surface area contributed by atoms with Crippen LogP contribution in [0.15, 0.2) is 48.5 Å². The van der Waals surface area contributed by atoms with Gasteiger partial charge in [0.2, 0.25) is 5.91 Å². The van der Waals surface area contributed by atoms with Gasteiger partial charge >= 0.3 is 0 Å². The first kappa shape index (κ1) is 16.0. The maximum atomic E-state index is 13.6. The van der Waals surface area contributed by atoms with Gasteiger partial charge in [0.1, 0.15) is 5.82 Å². The summed E-state index contributed by atoms with van der Waals surface area (Å²) in [6.07, 6.45) is -0.316. The third-order valence-corrected chi connectivity index (χ3v) is 4.51. The van der Waals surface area contributed by atoms with Gasteiger partial charge < -0.3 is 10.4 Å². The summed E-state index contributed by atoms with van der Waals surface area (Å²) in [4.78, 5) is 12.2. The number of benzene rings is 2. The summed E-state index contributed by atoms with van der Waals surface area (Å²) >= 11 is 6.14. The quantitative estimate of drug-likeness (QED) is 0.880. The standard InChI is InChI=1S/C18H17ClFNO2/c19-15-7-3-1-5-11(15)13-9-14(13)18(23)21-10-17(22)12-6-2-4-8-16(12)20/h1-8,13-14,17,22H,9-10H2,(H,21,23). The molecule has 0 saturated heterocycles. The van der Waals surface area contributed by atoms with E-state index in [2.05, 4.69) is 5.32 Å². The Labute approximate surface area is 139 Å². The molecule has 0 bridgehead atoms. The molecule has 23 heavy (non-hydrogen) atoms. The Balaban J connectivity index is 1.55. The van der Waals surface area contributed by atoms with E-state index in [-0.39, 0.29) is 29.9 Å². The van der Waals surface area contributed by atoms with Crippen LogP contribution in [-0.2, 0) is 4.79 Å². The molecule has 1 aliphatic carbocycles. The van der Waals surface area contributed by atoms with E-state index in [4.69, 9.17) is 11.6 Å². The van der Waals surface area contributed by atoms with Crippen LogP contribution < -0.4 is 5.32 Å². The van der Waals surface area contributed by atoms with E-state index in [1.54, 1.807) is 12.1 Å². The van der Waals surface area contributed by atoms with Gasteiger partial charge in [0.15, 0.2) is 0 Å². The zero-order valence-corrected chi connectivity index (χ0v) is 13.1. The van der Waals surface area contributed by atoms with Crippen LogP contribution >= 0.6 is 11.6 Å². The Morgan fingerprint density at radius 2 is 1.96 bits per heavy atom. The molecular formula is C18H17ClFNO2. The van der Waals surface area contributed by atoms with Gasteiger partial charge in [-0.05, 0) is 30.0 Å². The van der Waals surface area contributed by atoms with E-state index in [1.165, 1.54) is 12.1 Å². The number of rotatable bonds is 5. The molecule has 1 saturated carbocycles. The second-order valence-corrected chi connectivity index (χ2v) is 6.16. The molecule has 1 amide bonds. The van der Waals surface area contributed by atoms with E-state index in [0.29, 0.717) is 5.02 Å². The van der Waals surface area contributed by atoms with Gasteiger partial charge in [0.25, 0.3) is 0 Å². The molecular weight excluding hydrogens is 317 g/mol. The zero-order chi connectivity index (χ0) is 16.4. The minimum atomic E-state index is -1.06. The van der Waals surface area contributed by atoms with Gasteiger partial charge in [-0.25, -0.2) is 4.39 Å². The molecule has 120 valence electrons. The largest absolute Gasteiger partial charge is 0.386 e. The van der Waals surface area contributed by atoms with Crippen LogP contribution in [0, 0.1) is 11.7 Å². The lowest BCUT2D eigenvalue weighted by Gasteiger charge is -2.13. The summed E-state index contributed by atoms with van der Waals surface area (Å²) in [6, 6.07) is 13.5. The Bertz CT molecular complexity index is 722. The lowest BCUT2D eigenvalue weighted by atomic mass is 10.1. The van der Waals surface area contributed by atoms with Gasteiger partial charge in [-0.3, -0.25) is 4.79 Å². The fourth-order valence-corrected chi connectivity index (χ4v) is 3.06. The molecule has 0 aliphatic heterocycles. The number of nitrogens with one attached hydrogen (secondary N) is 1. The summed E-state index contributed by atoms with van der Waals surface area (Å²) in [5.41, 5.74) is 1.16. The van der Waals surface area contributed by atoms with Crippen LogP contribution in [0.25, 0.3) is 0 Å². The van der Waals surface area contributed by atoms with Crippen LogP contribution in [0.4, 0.5) is 4.39 Å². The van der Waals surface area contributed by atoms with Crippen molar-refractivity contribution in [3.63, 3.8) is 0 Å². The highest BCUT2D eigenvalue weighted by molar-refractivity contribution is 6.31. The first-order valence-electron chi connectivity index (χ1n) is 7.52. The minimum Gasteiger partial charge on any atom is -0.386 e. The van der Waals surface area contributed by atoms with Crippen molar-refractivity contribution in [2.45, 2.75) is 18.4 Å². The van der Waals surface area contributed by atoms with E-state index in [9.17, 15) is 14.3 Å². The van der Waals surface area contributed by atoms with Crippen molar-refractivity contribution < 1.29 is 14.3 Å². The molecule has 0 aromatic heterocycles. The zero-order valence-electron chi connectivity index (χ0n) is 12.4. The number of carbonyl (C=O) groups excluding carboxylic acids is 1. The maximum Gasteiger partial charge on any atom is 0.223 e. The number of hydrogen-bond donors (Lipinski definition) is 2. The molecule has 0 spiro atoms. The Kier molecular flexibility index (Phi) is 4.64. The molecule has 1 aliphatic rings. The van der Waals surface area contributed by atoms with Crippen molar-refractivity contribution in [2.24, 2.45) is 5.92 Å². The Morgan fingerprint density at radius 1 is 1.26 bits per heavy atom. The number of aliphatic hydroxyl groups is 1. The third kappa shape index (κ3) is 3.54. The first-order chi connectivity index (χ1) is 11.1. The second kappa shape index (κ2) is 6.69. The molecule has 2 aromatic carbocycles. The summed E-state index contributed by atoms with van der Waals surface area (Å²) in [5.74, 6) is -0.628. The summed E-state index contributed by atoms with van der Waals surface area (Å²) < 4.78 is 13.6. The number of amides is 1. The predicted octanol–water partition coefficient (Wildman–Crippen LogP) is 3.43. The van der Waals surface area contributed by atoms with Gasteiger partial charge in [0.05, 0.1) is 6.10 Å². The Hall–Kier alpha value is -1.91. The first-order valence-corrected chi connectivity index (χ1v) is 7.90. The smallest absolute Gasteiger partial charge is 0.223 e. The fraction of sp³-hybridized carbons (Fsp3) is 0.278. The summed E-state index contributed by atoms with van der Waals surface area (Å²) in [5, 5.41) is 13.4. The van der Waals surface area contributed by atoms with Crippen molar-refractivity contribution in [1.82, 2.24) is 5.32 Å². The molecule has 3 atom stereocenters. The van der Waals surface area contributed by atoms with Gasteiger partial charge in [0, 0.05) is 23.0 Å². The van der Waals surface area contributed by atoms with E-state index < -0.39 is 11.9 Å². The Morgan fingerprint density at radius 3 is 2.70 bits per heavy atom. The molecule has 2 aromatic rings. The molecule has 0 heterocycles. The number of halogens is 2. The van der Waals surface area contributed by atoms with Crippen molar-refractivity contribution >= 4 is 17.5 Å². The molecule has 2 N–H and O–H groups in total. The topological polar surface area (TPSA) is 49.3 Å². The van der Waals surface area contributed by atoms with E-state index >= 15 is 0 Å². The van der Waals surface area contributed by atoms with Gasteiger partial charge in [-0.1, -0.05) is 48.0 Å². The average molecular weight is 334 g/mol. The average Bonchev–Trinajstić information content (AvgIpc) is 3.33. The highest BCUT2D eigenvalue weighted by Crippen LogP contribution is 2.49. The van der Waals surface area contributed by atoms with Crippen LogP contribution in [0.5, 0.6) is 0 Å². The molecule has 5 heteroatoms. The fourth-order valence-electron chi connectivity index (χ4n) is 2.79. The van der Waals surface area contributed by atoms with Gasteiger partial charge in [-0.15, -0.1) is 0 Å². The molecule has 0 radical (unpaired) electrons. The van der Waals surface area contributed by atoms with Crippen molar-refractivity contribution in [3.05, 3.63) is 70.5 Å². The highest BCUT2D eigenvalue weighted by atomic mass is 35.5. The molecule has 3 rings (SSSR count). The van der Waals surface area contributed by atoms with Gasteiger partial charge in [-0.2, -0.15) is 0 Å². The van der Waals surface area contributed by atoms with Crippen LogP contribution in [0.1, 0.15) is 29.6 Å². The number of hydrogen-bond acceptors (Lipinski definition) is 2.